The van der Waals surface area contributed by atoms with Crippen molar-refractivity contribution in [3.05, 3.63) is 65.7 Å². The first-order valence-corrected chi connectivity index (χ1v) is 12.0. The molecule has 2 rings (SSSR count). The first kappa shape index (κ1) is 28.0. The highest BCUT2D eigenvalue weighted by Crippen LogP contribution is 2.23. The Morgan fingerprint density at radius 2 is 1.18 bits per heavy atom. The van der Waals surface area contributed by atoms with Crippen LogP contribution in [0, 0.1) is 23.7 Å². The lowest BCUT2D eigenvalue weighted by molar-refractivity contribution is -0.136. The molecule has 6 heteroatoms. The second kappa shape index (κ2) is 14.2. The van der Waals surface area contributed by atoms with Crippen LogP contribution in [0.1, 0.15) is 38.8 Å². The third-order valence-corrected chi connectivity index (χ3v) is 6.39. The lowest BCUT2D eigenvalue weighted by Crippen LogP contribution is -2.41. The van der Waals surface area contributed by atoms with E-state index in [2.05, 4.69) is 0 Å². The van der Waals surface area contributed by atoms with Gasteiger partial charge in [0.25, 0.3) is 0 Å². The number of aliphatic hydroxyl groups excluding tert-OH is 2. The Kier molecular flexibility index (Phi) is 11.7. The third-order valence-electron chi connectivity index (χ3n) is 6.39. The van der Waals surface area contributed by atoms with Gasteiger partial charge in [-0.2, -0.15) is 0 Å². The van der Waals surface area contributed by atoms with Gasteiger partial charge in [-0.25, -0.2) is 0 Å². The summed E-state index contributed by atoms with van der Waals surface area (Å²) in [6.45, 7) is 8.72. The van der Waals surface area contributed by atoms with Crippen LogP contribution < -0.4 is 4.74 Å². The van der Waals surface area contributed by atoms with Gasteiger partial charge in [-0.1, -0.05) is 70.2 Å². The second-order valence-corrected chi connectivity index (χ2v) is 9.28. The Morgan fingerprint density at radius 1 is 0.735 bits per heavy atom. The van der Waals surface area contributed by atoms with E-state index in [0.29, 0.717) is 26.4 Å². The van der Waals surface area contributed by atoms with E-state index in [1.807, 2.05) is 68.4 Å². The molecule has 188 valence electrons. The molecule has 0 heterocycles. The van der Waals surface area contributed by atoms with Gasteiger partial charge in [0.15, 0.2) is 0 Å². The summed E-state index contributed by atoms with van der Waals surface area (Å²) >= 11 is 0. The summed E-state index contributed by atoms with van der Waals surface area (Å²) < 4.78 is 16.6. The molecular formula is C28H40O6. The molecule has 0 spiro atoms. The number of Topliss-reactive ketones (excluding diaryl/α,β-unsaturated/α-hetero) is 1. The van der Waals surface area contributed by atoms with E-state index in [4.69, 9.17) is 14.2 Å². The van der Waals surface area contributed by atoms with Gasteiger partial charge in [-0.3, -0.25) is 4.79 Å². The molecule has 2 N–H and O–H groups in total. The van der Waals surface area contributed by atoms with Crippen molar-refractivity contribution in [1.29, 1.82) is 0 Å². The standard InChI is InChI=1S/C28H40O6/c1-19(15-33-17-23-9-7-6-8-10-23)26(29)21(3)28(31)22(4)27(30)20(2)16-34-18-24-11-13-25(32-5)14-12-24/h6-14,19-22,26-27,29-30H,15-18H2,1-5H3/t19-,20+,21?,22-,26?,27+/m0/s1. The van der Waals surface area contributed by atoms with Crippen LogP contribution in [0.3, 0.4) is 0 Å². The maximum Gasteiger partial charge on any atom is 0.143 e. The number of carbonyl (C=O) groups is 1. The van der Waals surface area contributed by atoms with Crippen LogP contribution in [0.5, 0.6) is 5.75 Å². The molecule has 2 aromatic rings. The maximum atomic E-state index is 13.0. The average Bonchev–Trinajstić information content (AvgIpc) is 2.87. The molecule has 34 heavy (non-hydrogen) atoms. The smallest absolute Gasteiger partial charge is 0.143 e. The van der Waals surface area contributed by atoms with Gasteiger partial charge in [-0.15, -0.1) is 0 Å². The van der Waals surface area contributed by atoms with E-state index in [0.717, 1.165) is 16.9 Å². The fourth-order valence-electron chi connectivity index (χ4n) is 3.96. The monoisotopic (exact) mass is 472 g/mol. The molecule has 0 radical (unpaired) electrons. The SMILES string of the molecule is COc1ccc(COC[C@@H](C)[C@@H](O)[C@H](C)C(=O)C(C)C(O)[C@@H](C)COCc2ccccc2)cc1. The lowest BCUT2D eigenvalue weighted by Gasteiger charge is -2.29. The van der Waals surface area contributed by atoms with Crippen LogP contribution in [0.2, 0.25) is 0 Å². The minimum Gasteiger partial charge on any atom is -0.497 e. The normalized spacial score (nSPS) is 16.8. The van der Waals surface area contributed by atoms with Crippen molar-refractivity contribution in [2.75, 3.05) is 20.3 Å². The average molecular weight is 473 g/mol. The van der Waals surface area contributed by atoms with Gasteiger partial charge in [0.1, 0.15) is 11.5 Å². The Labute approximate surface area is 203 Å². The zero-order valence-electron chi connectivity index (χ0n) is 21.0. The van der Waals surface area contributed by atoms with Crippen LogP contribution in [0.4, 0.5) is 0 Å². The Balaban J connectivity index is 1.76. The quantitative estimate of drug-likeness (QED) is 0.403. The molecule has 6 atom stereocenters. The summed E-state index contributed by atoms with van der Waals surface area (Å²) in [5, 5.41) is 21.4. The summed E-state index contributed by atoms with van der Waals surface area (Å²) in [5.74, 6) is -1.02. The van der Waals surface area contributed by atoms with Crippen molar-refractivity contribution in [1.82, 2.24) is 0 Å². The molecule has 6 nitrogen and oxygen atoms in total. The summed E-state index contributed by atoms with van der Waals surface area (Å²) in [7, 11) is 1.62. The van der Waals surface area contributed by atoms with Crippen molar-refractivity contribution >= 4 is 5.78 Å². The fraction of sp³-hybridized carbons (Fsp3) is 0.536. The number of benzene rings is 2. The topological polar surface area (TPSA) is 85.2 Å². The van der Waals surface area contributed by atoms with Crippen LogP contribution in [0.15, 0.2) is 54.6 Å². The number of rotatable bonds is 15. The molecule has 2 unspecified atom stereocenters. The fourth-order valence-corrected chi connectivity index (χ4v) is 3.96. The molecule has 0 bridgehead atoms. The van der Waals surface area contributed by atoms with E-state index >= 15 is 0 Å². The number of aliphatic hydroxyl groups is 2. The number of ketones is 1. The van der Waals surface area contributed by atoms with Crippen LogP contribution in [-0.4, -0.2) is 48.5 Å². The van der Waals surface area contributed by atoms with E-state index < -0.39 is 24.0 Å². The highest BCUT2D eigenvalue weighted by atomic mass is 16.5. The molecule has 0 amide bonds. The number of hydrogen-bond donors (Lipinski definition) is 2. The second-order valence-electron chi connectivity index (χ2n) is 9.28. The Hall–Kier alpha value is -2.25. The van der Waals surface area contributed by atoms with E-state index in [-0.39, 0.29) is 17.6 Å². The van der Waals surface area contributed by atoms with Crippen molar-refractivity contribution in [3.8, 4) is 5.75 Å². The predicted octanol–water partition coefficient (Wildman–Crippen LogP) is 4.26. The minimum atomic E-state index is -0.859. The Bertz CT molecular complexity index is 838. The van der Waals surface area contributed by atoms with Gasteiger partial charge in [-0.05, 0) is 23.3 Å². The zero-order valence-corrected chi connectivity index (χ0v) is 21.0. The van der Waals surface area contributed by atoms with Crippen LogP contribution in [0.25, 0.3) is 0 Å². The van der Waals surface area contributed by atoms with E-state index in [9.17, 15) is 15.0 Å². The number of hydrogen-bond acceptors (Lipinski definition) is 6. The molecule has 0 aliphatic heterocycles. The summed E-state index contributed by atoms with van der Waals surface area (Å²) in [6.07, 6.45) is -1.71. The first-order valence-electron chi connectivity index (χ1n) is 12.0. The Morgan fingerprint density at radius 3 is 1.62 bits per heavy atom. The van der Waals surface area contributed by atoms with Gasteiger partial charge < -0.3 is 24.4 Å². The molecule has 0 fully saturated rings. The van der Waals surface area contributed by atoms with Gasteiger partial charge in [0.2, 0.25) is 0 Å². The first-order chi connectivity index (χ1) is 16.2. The summed E-state index contributed by atoms with van der Waals surface area (Å²) in [6, 6.07) is 17.4. The summed E-state index contributed by atoms with van der Waals surface area (Å²) in [4.78, 5) is 13.0. The molecule has 0 aliphatic rings. The number of methoxy groups -OCH3 is 1. The molecule has 0 saturated heterocycles. The molecule has 0 aromatic heterocycles. The van der Waals surface area contributed by atoms with Gasteiger partial charge in [0, 0.05) is 23.7 Å². The minimum absolute atomic E-state index is 0.156. The molecule has 0 aliphatic carbocycles. The van der Waals surface area contributed by atoms with Crippen molar-refractivity contribution in [2.24, 2.45) is 23.7 Å². The van der Waals surface area contributed by atoms with E-state index in [1.165, 1.54) is 0 Å². The predicted molar refractivity (Wildman–Crippen MR) is 132 cm³/mol. The largest absolute Gasteiger partial charge is 0.497 e. The van der Waals surface area contributed by atoms with Crippen molar-refractivity contribution in [3.63, 3.8) is 0 Å². The maximum absolute atomic E-state index is 13.0. The van der Waals surface area contributed by atoms with Crippen LogP contribution >= 0.6 is 0 Å². The highest BCUT2D eigenvalue weighted by molar-refractivity contribution is 5.83. The number of carbonyl (C=O) groups excluding carboxylic acids is 1. The van der Waals surface area contributed by atoms with Gasteiger partial charge in [0.05, 0.1) is 45.7 Å². The molecule has 0 saturated carbocycles. The third kappa shape index (κ3) is 8.51. The summed E-state index contributed by atoms with van der Waals surface area (Å²) in [5.41, 5.74) is 2.07. The molecular weight excluding hydrogens is 432 g/mol. The van der Waals surface area contributed by atoms with Crippen LogP contribution in [-0.2, 0) is 27.5 Å². The lowest BCUT2D eigenvalue weighted by atomic mass is 9.81. The van der Waals surface area contributed by atoms with Gasteiger partial charge >= 0.3 is 0 Å². The number of ether oxygens (including phenoxy) is 3. The molecule has 2 aromatic carbocycles. The highest BCUT2D eigenvalue weighted by Gasteiger charge is 2.34. The zero-order chi connectivity index (χ0) is 25.1. The van der Waals surface area contributed by atoms with Crippen molar-refractivity contribution < 1.29 is 29.2 Å². The van der Waals surface area contributed by atoms with Crippen molar-refractivity contribution in [2.45, 2.75) is 53.1 Å². The van der Waals surface area contributed by atoms with E-state index in [1.54, 1.807) is 21.0 Å².